The smallest absolute Gasteiger partial charge is 0.287 e. The zero-order chi connectivity index (χ0) is 13.3. The van der Waals surface area contributed by atoms with Crippen molar-refractivity contribution in [2.75, 3.05) is 6.54 Å². The second-order valence-corrected chi connectivity index (χ2v) is 5.26. The van der Waals surface area contributed by atoms with Crippen LogP contribution in [0.4, 0.5) is 0 Å². The summed E-state index contributed by atoms with van der Waals surface area (Å²) < 4.78 is 5.21. The topological polar surface area (TPSA) is 42.2 Å². The molecule has 1 fully saturated rings. The zero-order valence-electron chi connectivity index (χ0n) is 11.0. The number of hydrogen-bond acceptors (Lipinski definition) is 2. The molecule has 0 aliphatic heterocycles. The number of carbonyl (C=O) groups excluding carboxylic acids is 1. The van der Waals surface area contributed by atoms with Gasteiger partial charge in [0.2, 0.25) is 0 Å². The number of hydrogen-bond donors (Lipinski definition) is 1. The van der Waals surface area contributed by atoms with Crippen LogP contribution in [0.15, 0.2) is 47.1 Å². The summed E-state index contributed by atoms with van der Waals surface area (Å²) in [5.41, 5.74) is 2.32. The van der Waals surface area contributed by atoms with Gasteiger partial charge in [-0.1, -0.05) is 30.3 Å². The molecule has 1 amide bonds. The highest BCUT2D eigenvalue weighted by molar-refractivity contribution is 5.92. The van der Waals surface area contributed by atoms with E-state index in [0.717, 1.165) is 18.4 Å². The third-order valence-corrected chi connectivity index (χ3v) is 3.90. The Morgan fingerprint density at radius 1 is 1.26 bits per heavy atom. The van der Waals surface area contributed by atoms with Crippen molar-refractivity contribution in [1.29, 1.82) is 0 Å². The van der Waals surface area contributed by atoms with E-state index in [1.807, 2.05) is 25.1 Å². The molecule has 0 spiro atoms. The molecule has 0 saturated heterocycles. The average molecular weight is 255 g/mol. The van der Waals surface area contributed by atoms with Crippen molar-refractivity contribution in [1.82, 2.24) is 5.32 Å². The van der Waals surface area contributed by atoms with Crippen LogP contribution in [0.5, 0.6) is 0 Å². The van der Waals surface area contributed by atoms with Gasteiger partial charge in [-0.3, -0.25) is 4.79 Å². The molecule has 3 heteroatoms. The predicted molar refractivity (Wildman–Crippen MR) is 73.1 cm³/mol. The highest BCUT2D eigenvalue weighted by Gasteiger charge is 2.44. The van der Waals surface area contributed by atoms with Crippen LogP contribution in [-0.2, 0) is 5.41 Å². The van der Waals surface area contributed by atoms with Crippen LogP contribution in [0.3, 0.4) is 0 Å². The van der Waals surface area contributed by atoms with Crippen molar-refractivity contribution >= 4 is 5.91 Å². The molecule has 0 bridgehead atoms. The maximum atomic E-state index is 12.0. The maximum Gasteiger partial charge on any atom is 0.287 e. The van der Waals surface area contributed by atoms with Crippen LogP contribution in [-0.4, -0.2) is 12.5 Å². The van der Waals surface area contributed by atoms with E-state index >= 15 is 0 Å². The van der Waals surface area contributed by atoms with E-state index in [9.17, 15) is 4.79 Å². The van der Waals surface area contributed by atoms with Gasteiger partial charge in [0.25, 0.3) is 5.91 Å². The normalized spacial score (nSPS) is 16.1. The van der Waals surface area contributed by atoms with Crippen molar-refractivity contribution < 1.29 is 9.21 Å². The van der Waals surface area contributed by atoms with Crippen LogP contribution in [0.25, 0.3) is 0 Å². The Hall–Kier alpha value is -2.03. The second kappa shape index (κ2) is 4.57. The number of aryl methyl sites for hydroxylation is 1. The van der Waals surface area contributed by atoms with E-state index in [1.165, 1.54) is 5.56 Å². The van der Waals surface area contributed by atoms with Crippen molar-refractivity contribution in [3.05, 3.63) is 59.5 Å². The average Bonchev–Trinajstić information content (AvgIpc) is 3.12. The van der Waals surface area contributed by atoms with Gasteiger partial charge in [0.05, 0.1) is 6.26 Å². The molecule has 0 atom stereocenters. The summed E-state index contributed by atoms with van der Waals surface area (Å²) in [7, 11) is 0. The minimum atomic E-state index is -0.121. The first-order chi connectivity index (χ1) is 9.21. The first-order valence-electron chi connectivity index (χ1n) is 6.59. The lowest BCUT2D eigenvalue weighted by Crippen LogP contribution is -2.32. The number of furan rings is 1. The van der Waals surface area contributed by atoms with Crippen molar-refractivity contribution in [3.63, 3.8) is 0 Å². The van der Waals surface area contributed by atoms with E-state index in [4.69, 9.17) is 4.42 Å². The molecule has 1 N–H and O–H groups in total. The summed E-state index contributed by atoms with van der Waals surface area (Å²) >= 11 is 0. The summed E-state index contributed by atoms with van der Waals surface area (Å²) in [6, 6.07) is 12.2. The number of carbonyl (C=O) groups is 1. The molecule has 1 aliphatic carbocycles. The highest BCUT2D eigenvalue weighted by Crippen LogP contribution is 2.47. The first-order valence-corrected chi connectivity index (χ1v) is 6.59. The number of nitrogens with one attached hydrogen (secondary N) is 1. The summed E-state index contributed by atoms with van der Waals surface area (Å²) in [6.45, 7) is 2.55. The Bertz CT molecular complexity index is 582. The number of rotatable bonds is 4. The SMILES string of the molecule is Cc1ccoc1C(=O)NCC1(c2ccccc2)CC1. The monoisotopic (exact) mass is 255 g/mol. The third-order valence-electron chi connectivity index (χ3n) is 3.90. The van der Waals surface area contributed by atoms with E-state index < -0.39 is 0 Å². The lowest BCUT2D eigenvalue weighted by atomic mass is 9.96. The van der Waals surface area contributed by atoms with E-state index in [-0.39, 0.29) is 11.3 Å². The molecule has 1 saturated carbocycles. The largest absolute Gasteiger partial charge is 0.459 e. The molecule has 3 rings (SSSR count). The molecule has 98 valence electrons. The molecule has 3 nitrogen and oxygen atoms in total. The van der Waals surface area contributed by atoms with Crippen LogP contribution in [0, 0.1) is 6.92 Å². The molecule has 0 radical (unpaired) electrons. The van der Waals surface area contributed by atoms with Gasteiger partial charge in [0, 0.05) is 17.5 Å². The van der Waals surface area contributed by atoms with Crippen molar-refractivity contribution in [2.45, 2.75) is 25.2 Å². The predicted octanol–water partition coefficient (Wildman–Crippen LogP) is 3.05. The van der Waals surface area contributed by atoms with E-state index in [1.54, 1.807) is 12.3 Å². The van der Waals surface area contributed by atoms with E-state index in [0.29, 0.717) is 12.3 Å². The van der Waals surface area contributed by atoms with Crippen molar-refractivity contribution in [2.24, 2.45) is 0 Å². The first kappa shape index (κ1) is 12.0. The number of amides is 1. The Morgan fingerprint density at radius 3 is 2.58 bits per heavy atom. The fourth-order valence-corrected chi connectivity index (χ4v) is 2.45. The quantitative estimate of drug-likeness (QED) is 0.912. The van der Waals surface area contributed by atoms with Crippen LogP contribution < -0.4 is 5.32 Å². The standard InChI is InChI=1S/C16H17NO2/c1-12-7-10-19-14(12)15(18)17-11-16(8-9-16)13-5-3-2-4-6-13/h2-7,10H,8-9,11H2,1H3,(H,17,18). The molecule has 1 aromatic carbocycles. The summed E-state index contributed by atoms with van der Waals surface area (Å²) in [5.74, 6) is 0.300. The molecule has 0 unspecified atom stereocenters. The molecular weight excluding hydrogens is 238 g/mol. The fraction of sp³-hybridized carbons (Fsp3) is 0.312. The van der Waals surface area contributed by atoms with Crippen LogP contribution >= 0.6 is 0 Å². The van der Waals surface area contributed by atoms with E-state index in [2.05, 4.69) is 17.4 Å². The fourth-order valence-electron chi connectivity index (χ4n) is 2.45. The van der Waals surface area contributed by atoms with Gasteiger partial charge in [-0.2, -0.15) is 0 Å². The van der Waals surface area contributed by atoms with Gasteiger partial charge >= 0.3 is 0 Å². The lowest BCUT2D eigenvalue weighted by Gasteiger charge is -2.16. The second-order valence-electron chi connectivity index (χ2n) is 5.26. The maximum absolute atomic E-state index is 12.0. The third kappa shape index (κ3) is 2.28. The number of benzene rings is 1. The molecule has 19 heavy (non-hydrogen) atoms. The van der Waals surface area contributed by atoms with Gasteiger partial charge in [0.15, 0.2) is 5.76 Å². The Morgan fingerprint density at radius 2 is 2.00 bits per heavy atom. The van der Waals surface area contributed by atoms with Crippen LogP contribution in [0.1, 0.15) is 34.5 Å². The minimum Gasteiger partial charge on any atom is -0.459 e. The molecule has 1 aromatic heterocycles. The Kier molecular flexibility index (Phi) is 2.90. The molecular formula is C16H17NO2. The summed E-state index contributed by atoms with van der Waals surface area (Å²) in [4.78, 5) is 12.0. The minimum absolute atomic E-state index is 0.121. The summed E-state index contributed by atoms with van der Waals surface area (Å²) in [5, 5.41) is 2.99. The van der Waals surface area contributed by atoms with Gasteiger partial charge in [0.1, 0.15) is 0 Å². The molecule has 1 aliphatic rings. The van der Waals surface area contributed by atoms with Crippen molar-refractivity contribution in [3.8, 4) is 0 Å². The summed E-state index contributed by atoms with van der Waals surface area (Å²) in [6.07, 6.45) is 3.82. The van der Waals surface area contributed by atoms with Gasteiger partial charge in [-0.25, -0.2) is 0 Å². The Balaban J connectivity index is 1.67. The lowest BCUT2D eigenvalue weighted by molar-refractivity contribution is 0.0921. The zero-order valence-corrected chi connectivity index (χ0v) is 11.0. The van der Waals surface area contributed by atoms with Crippen LogP contribution in [0.2, 0.25) is 0 Å². The van der Waals surface area contributed by atoms with Gasteiger partial charge < -0.3 is 9.73 Å². The van der Waals surface area contributed by atoms with Gasteiger partial charge in [-0.15, -0.1) is 0 Å². The van der Waals surface area contributed by atoms with Gasteiger partial charge in [-0.05, 0) is 31.4 Å². The highest BCUT2D eigenvalue weighted by atomic mass is 16.3. The molecule has 2 aromatic rings. The molecule has 1 heterocycles. The Labute approximate surface area is 112 Å².